The average molecular weight is 328 g/mol. The number of anilines is 1. The number of nitrogens with zero attached hydrogens (tertiary/aromatic N) is 2. The number of urea groups is 1. The fourth-order valence-electron chi connectivity index (χ4n) is 2.11. The summed E-state index contributed by atoms with van der Waals surface area (Å²) in [6, 6.07) is 8.78. The van der Waals surface area contributed by atoms with Crippen LogP contribution in [0.25, 0.3) is 0 Å². The van der Waals surface area contributed by atoms with E-state index < -0.39 is 11.6 Å². The zero-order chi connectivity index (χ0) is 17.8. The standard InChI is InChI=1S/C18H24N4O2/c1-17(2,3)15-19-10-14(11-20-15)22-16(23)21-12-18(4,24)13-8-6-5-7-9-13/h5-11,24H,12H2,1-4H3,(H2,21,22,23). The lowest BCUT2D eigenvalue weighted by atomic mass is 9.96. The Morgan fingerprint density at radius 2 is 1.67 bits per heavy atom. The minimum absolute atomic E-state index is 0.0871. The fourth-order valence-corrected chi connectivity index (χ4v) is 2.11. The van der Waals surface area contributed by atoms with Crippen LogP contribution >= 0.6 is 0 Å². The monoisotopic (exact) mass is 328 g/mol. The Hall–Kier alpha value is -2.47. The highest BCUT2D eigenvalue weighted by Crippen LogP contribution is 2.19. The molecule has 1 aromatic heterocycles. The van der Waals surface area contributed by atoms with Crippen LogP contribution in [0.15, 0.2) is 42.7 Å². The van der Waals surface area contributed by atoms with Gasteiger partial charge in [-0.05, 0) is 12.5 Å². The van der Waals surface area contributed by atoms with E-state index in [0.717, 1.165) is 5.56 Å². The SMILES string of the molecule is CC(C)(C)c1ncc(NC(=O)NCC(C)(O)c2ccccc2)cn1. The molecule has 2 aromatic rings. The van der Waals surface area contributed by atoms with Crippen LogP contribution < -0.4 is 10.6 Å². The molecule has 0 aliphatic carbocycles. The van der Waals surface area contributed by atoms with Crippen LogP contribution in [0.1, 0.15) is 39.1 Å². The van der Waals surface area contributed by atoms with E-state index in [-0.39, 0.29) is 12.0 Å². The predicted molar refractivity (Wildman–Crippen MR) is 93.8 cm³/mol. The summed E-state index contributed by atoms with van der Waals surface area (Å²) >= 11 is 0. The van der Waals surface area contributed by atoms with E-state index in [0.29, 0.717) is 11.5 Å². The molecule has 1 heterocycles. The molecule has 0 bridgehead atoms. The van der Waals surface area contributed by atoms with E-state index in [9.17, 15) is 9.90 Å². The van der Waals surface area contributed by atoms with Gasteiger partial charge >= 0.3 is 6.03 Å². The van der Waals surface area contributed by atoms with Gasteiger partial charge in [-0.1, -0.05) is 51.1 Å². The quantitative estimate of drug-likeness (QED) is 0.805. The second kappa shape index (κ2) is 6.97. The Labute approximate surface area is 142 Å². The number of nitrogens with one attached hydrogen (secondary N) is 2. The first kappa shape index (κ1) is 17.9. The van der Waals surface area contributed by atoms with E-state index >= 15 is 0 Å². The molecule has 6 heteroatoms. The van der Waals surface area contributed by atoms with Crippen molar-refractivity contribution in [3.63, 3.8) is 0 Å². The first-order valence-corrected chi connectivity index (χ1v) is 7.84. The molecule has 0 aliphatic rings. The summed E-state index contributed by atoms with van der Waals surface area (Å²) < 4.78 is 0. The van der Waals surface area contributed by atoms with E-state index in [4.69, 9.17) is 0 Å². The molecule has 0 saturated heterocycles. The molecule has 0 radical (unpaired) electrons. The Balaban J connectivity index is 1.92. The van der Waals surface area contributed by atoms with E-state index in [1.165, 1.54) is 0 Å². The number of rotatable bonds is 4. The lowest BCUT2D eigenvalue weighted by Crippen LogP contribution is -2.40. The van der Waals surface area contributed by atoms with Crippen molar-refractivity contribution in [2.45, 2.75) is 38.7 Å². The Kier molecular flexibility index (Phi) is 5.19. The average Bonchev–Trinajstić information content (AvgIpc) is 2.54. The zero-order valence-corrected chi connectivity index (χ0v) is 14.5. The Morgan fingerprint density at radius 3 is 2.21 bits per heavy atom. The molecular weight excluding hydrogens is 304 g/mol. The summed E-state index contributed by atoms with van der Waals surface area (Å²) in [6.07, 6.45) is 3.14. The van der Waals surface area contributed by atoms with Gasteiger partial charge in [-0.25, -0.2) is 14.8 Å². The van der Waals surface area contributed by atoms with Gasteiger partial charge in [-0.3, -0.25) is 0 Å². The van der Waals surface area contributed by atoms with Crippen molar-refractivity contribution in [2.24, 2.45) is 0 Å². The van der Waals surface area contributed by atoms with Gasteiger partial charge in [0.25, 0.3) is 0 Å². The highest BCUT2D eigenvalue weighted by atomic mass is 16.3. The molecule has 0 saturated carbocycles. The van der Waals surface area contributed by atoms with Gasteiger partial charge < -0.3 is 15.7 Å². The van der Waals surface area contributed by atoms with Crippen molar-refractivity contribution in [3.8, 4) is 0 Å². The van der Waals surface area contributed by atoms with Gasteiger partial charge in [-0.15, -0.1) is 0 Å². The maximum atomic E-state index is 12.0. The molecule has 1 unspecified atom stereocenters. The van der Waals surface area contributed by atoms with Gasteiger partial charge in [0.1, 0.15) is 11.4 Å². The minimum Gasteiger partial charge on any atom is -0.384 e. The maximum absolute atomic E-state index is 12.0. The highest BCUT2D eigenvalue weighted by molar-refractivity contribution is 5.88. The molecule has 128 valence electrons. The number of carbonyl (C=O) groups excluding carboxylic acids is 1. The molecule has 0 aliphatic heterocycles. The summed E-state index contributed by atoms with van der Waals surface area (Å²) in [5.74, 6) is 0.709. The largest absolute Gasteiger partial charge is 0.384 e. The summed E-state index contributed by atoms with van der Waals surface area (Å²) in [5, 5.41) is 15.8. The molecular formula is C18H24N4O2. The van der Waals surface area contributed by atoms with E-state index in [1.54, 1.807) is 19.3 Å². The predicted octanol–water partition coefficient (Wildman–Crippen LogP) is 2.80. The molecule has 24 heavy (non-hydrogen) atoms. The summed E-state index contributed by atoms with van der Waals surface area (Å²) in [5.41, 5.74) is -0.0524. The van der Waals surface area contributed by atoms with Crippen LogP contribution in [0, 0.1) is 0 Å². The lowest BCUT2D eigenvalue weighted by Gasteiger charge is -2.24. The van der Waals surface area contributed by atoms with Crippen molar-refractivity contribution in [1.82, 2.24) is 15.3 Å². The van der Waals surface area contributed by atoms with Gasteiger partial charge in [0.2, 0.25) is 0 Å². The second-order valence-corrected chi connectivity index (χ2v) is 6.99. The summed E-state index contributed by atoms with van der Waals surface area (Å²) in [6.45, 7) is 7.81. The van der Waals surface area contributed by atoms with Crippen LogP contribution in [0.4, 0.5) is 10.5 Å². The third kappa shape index (κ3) is 4.76. The molecule has 1 aromatic carbocycles. The van der Waals surface area contributed by atoms with Gasteiger partial charge in [-0.2, -0.15) is 0 Å². The van der Waals surface area contributed by atoms with Crippen LogP contribution in [0.5, 0.6) is 0 Å². The molecule has 0 fully saturated rings. The number of aliphatic hydroxyl groups is 1. The number of aromatic nitrogens is 2. The third-order valence-corrected chi connectivity index (χ3v) is 3.57. The number of hydrogen-bond acceptors (Lipinski definition) is 4. The molecule has 0 spiro atoms. The van der Waals surface area contributed by atoms with Gasteiger partial charge in [0, 0.05) is 5.41 Å². The van der Waals surface area contributed by atoms with Crippen molar-refractivity contribution in [1.29, 1.82) is 0 Å². The normalized spacial score (nSPS) is 13.9. The molecule has 3 N–H and O–H groups in total. The first-order valence-electron chi connectivity index (χ1n) is 7.84. The van der Waals surface area contributed by atoms with E-state index in [2.05, 4.69) is 20.6 Å². The number of amides is 2. The van der Waals surface area contributed by atoms with Crippen LogP contribution in [0.3, 0.4) is 0 Å². The molecule has 1 atom stereocenters. The number of carbonyl (C=O) groups is 1. The van der Waals surface area contributed by atoms with Crippen molar-refractivity contribution >= 4 is 11.7 Å². The van der Waals surface area contributed by atoms with Gasteiger partial charge in [0.05, 0.1) is 24.6 Å². The molecule has 2 amide bonds. The van der Waals surface area contributed by atoms with Crippen molar-refractivity contribution in [3.05, 3.63) is 54.1 Å². The highest BCUT2D eigenvalue weighted by Gasteiger charge is 2.23. The topological polar surface area (TPSA) is 87.1 Å². The maximum Gasteiger partial charge on any atom is 0.319 e. The first-order chi connectivity index (χ1) is 11.2. The third-order valence-electron chi connectivity index (χ3n) is 3.57. The smallest absolute Gasteiger partial charge is 0.319 e. The van der Waals surface area contributed by atoms with Crippen LogP contribution in [0.2, 0.25) is 0 Å². The number of hydrogen-bond donors (Lipinski definition) is 3. The molecule has 6 nitrogen and oxygen atoms in total. The van der Waals surface area contributed by atoms with Crippen LogP contribution in [-0.4, -0.2) is 27.7 Å². The summed E-state index contributed by atoms with van der Waals surface area (Å²) in [4.78, 5) is 20.5. The van der Waals surface area contributed by atoms with Crippen LogP contribution in [-0.2, 0) is 11.0 Å². The Morgan fingerprint density at radius 1 is 1.08 bits per heavy atom. The minimum atomic E-state index is -1.15. The molecule has 2 rings (SSSR count). The lowest BCUT2D eigenvalue weighted by molar-refractivity contribution is 0.0599. The van der Waals surface area contributed by atoms with Crippen molar-refractivity contribution < 1.29 is 9.90 Å². The Bertz CT molecular complexity index is 676. The zero-order valence-electron chi connectivity index (χ0n) is 14.5. The summed E-state index contributed by atoms with van der Waals surface area (Å²) in [7, 11) is 0. The van der Waals surface area contributed by atoms with Gasteiger partial charge in [0.15, 0.2) is 0 Å². The fraction of sp³-hybridized carbons (Fsp3) is 0.389. The van der Waals surface area contributed by atoms with E-state index in [1.807, 2.05) is 51.1 Å². The van der Waals surface area contributed by atoms with Crippen molar-refractivity contribution in [2.75, 3.05) is 11.9 Å². The number of benzene rings is 1. The second-order valence-electron chi connectivity index (χ2n) is 6.99.